The molecule has 12 nitrogen and oxygen atoms in total. The number of aliphatic imine (C=N–C) groups is 2. The molecule has 0 bridgehead atoms. The van der Waals surface area contributed by atoms with E-state index in [1.54, 1.807) is 4.90 Å². The van der Waals surface area contributed by atoms with Gasteiger partial charge in [-0.25, -0.2) is 9.98 Å². The maximum atomic E-state index is 12.6. The Hall–Kier alpha value is -4.42. The number of rotatable bonds is 7. The number of carbonyl (C=O) groups excluding carboxylic acids is 1. The Morgan fingerprint density at radius 1 is 1.16 bits per heavy atom. The molecule has 1 aromatic rings. The highest BCUT2D eigenvalue weighted by Crippen LogP contribution is 2.39. The van der Waals surface area contributed by atoms with Crippen LogP contribution in [0.1, 0.15) is 42.5 Å². The molecule has 0 unspecified atom stereocenters. The molecular weight excluding hydrogens is 544 g/mol. The summed E-state index contributed by atoms with van der Waals surface area (Å²) in [6.45, 7) is 9.52. The second kappa shape index (κ2) is 12.4. The molecule has 1 aromatic heterocycles. The quantitative estimate of drug-likeness (QED) is 0.443. The van der Waals surface area contributed by atoms with Gasteiger partial charge < -0.3 is 29.2 Å². The van der Waals surface area contributed by atoms with Crippen LogP contribution in [-0.4, -0.2) is 114 Å². The largest absolute Gasteiger partial charge is 0.475 e. The Morgan fingerprint density at radius 2 is 2.05 bits per heavy atom. The topological polar surface area (TPSA) is 128 Å². The van der Waals surface area contributed by atoms with E-state index in [0.29, 0.717) is 50.7 Å². The van der Waals surface area contributed by atoms with E-state index in [4.69, 9.17) is 14.7 Å². The third-order valence-electron chi connectivity index (χ3n) is 9.14. The Kier molecular flexibility index (Phi) is 8.30. The van der Waals surface area contributed by atoms with Gasteiger partial charge >= 0.3 is 0 Å². The van der Waals surface area contributed by atoms with E-state index in [1.807, 2.05) is 12.5 Å². The molecular formula is C31H38N10O2. The van der Waals surface area contributed by atoms with Crippen molar-refractivity contribution in [3.63, 3.8) is 0 Å². The van der Waals surface area contributed by atoms with Gasteiger partial charge in [-0.2, -0.15) is 10.5 Å². The third kappa shape index (κ3) is 5.55. The van der Waals surface area contributed by atoms with Crippen LogP contribution in [0.4, 0.5) is 5.69 Å². The van der Waals surface area contributed by atoms with Crippen LogP contribution < -0.4 is 9.64 Å². The van der Waals surface area contributed by atoms with Crippen molar-refractivity contribution in [3.8, 4) is 18.0 Å². The lowest BCUT2D eigenvalue weighted by Crippen LogP contribution is -2.55. The molecule has 0 spiro atoms. The number of likely N-dealkylation sites (N-methyl/N-ethyl adjacent to an activating group) is 1. The van der Waals surface area contributed by atoms with Crippen molar-refractivity contribution in [1.29, 1.82) is 10.5 Å². The molecule has 2 atom stereocenters. The zero-order valence-corrected chi connectivity index (χ0v) is 24.8. The summed E-state index contributed by atoms with van der Waals surface area (Å²) in [5.74, 6) is 1.12. The van der Waals surface area contributed by atoms with Crippen LogP contribution in [0.5, 0.6) is 5.88 Å². The van der Waals surface area contributed by atoms with E-state index in [-0.39, 0.29) is 24.4 Å². The van der Waals surface area contributed by atoms with Gasteiger partial charge in [0.2, 0.25) is 11.8 Å². The normalized spacial score (nSPS) is 23.5. The number of piperazine rings is 1. The molecule has 5 aliphatic heterocycles. The summed E-state index contributed by atoms with van der Waals surface area (Å²) in [7, 11) is 2.10. The molecule has 224 valence electrons. The summed E-state index contributed by atoms with van der Waals surface area (Å²) in [6, 6.07) is 4.64. The number of carbonyl (C=O) groups is 1. The molecule has 6 rings (SSSR count). The Bertz CT molecular complexity index is 1450. The fourth-order valence-corrected chi connectivity index (χ4v) is 6.83. The van der Waals surface area contributed by atoms with Crippen molar-refractivity contribution >= 4 is 23.8 Å². The van der Waals surface area contributed by atoms with Gasteiger partial charge in [-0.15, -0.1) is 0 Å². The number of nitriles is 2. The van der Waals surface area contributed by atoms with Crippen LogP contribution in [0, 0.1) is 22.7 Å². The summed E-state index contributed by atoms with van der Waals surface area (Å²) in [6.07, 6.45) is 9.08. The predicted molar refractivity (Wildman–Crippen MR) is 163 cm³/mol. The van der Waals surface area contributed by atoms with Crippen molar-refractivity contribution in [2.45, 2.75) is 50.7 Å². The highest BCUT2D eigenvalue weighted by atomic mass is 16.5. The van der Waals surface area contributed by atoms with Gasteiger partial charge in [0, 0.05) is 50.9 Å². The van der Waals surface area contributed by atoms with E-state index < -0.39 is 0 Å². The van der Waals surface area contributed by atoms with Gasteiger partial charge in [-0.3, -0.25) is 9.79 Å². The molecule has 6 heterocycles. The highest BCUT2D eigenvalue weighted by molar-refractivity contribution is 6.05. The van der Waals surface area contributed by atoms with Crippen LogP contribution in [0.25, 0.3) is 0 Å². The van der Waals surface area contributed by atoms with Crippen molar-refractivity contribution in [2.24, 2.45) is 9.98 Å². The summed E-state index contributed by atoms with van der Waals surface area (Å²) < 4.78 is 6.38. The van der Waals surface area contributed by atoms with Crippen LogP contribution in [0.3, 0.4) is 0 Å². The first-order valence-corrected chi connectivity index (χ1v) is 15.2. The Labute approximate surface area is 252 Å². The lowest BCUT2D eigenvalue weighted by Gasteiger charge is -2.43. The zero-order chi connectivity index (χ0) is 29.9. The summed E-state index contributed by atoms with van der Waals surface area (Å²) >= 11 is 0. The fourth-order valence-electron chi connectivity index (χ4n) is 6.83. The molecule has 0 N–H and O–H groups in total. The maximum absolute atomic E-state index is 12.6. The number of aromatic nitrogens is 1. The summed E-state index contributed by atoms with van der Waals surface area (Å²) in [5, 5.41) is 20.1. The maximum Gasteiger partial charge on any atom is 0.246 e. The number of fused-ring (bicyclic) bond motifs is 2. The first kappa shape index (κ1) is 28.7. The number of likely N-dealkylation sites (tertiary alicyclic amines) is 1. The van der Waals surface area contributed by atoms with E-state index in [2.05, 4.69) is 50.4 Å². The van der Waals surface area contributed by atoms with Crippen LogP contribution in [0.15, 0.2) is 34.5 Å². The van der Waals surface area contributed by atoms with E-state index >= 15 is 0 Å². The summed E-state index contributed by atoms with van der Waals surface area (Å²) in [5.41, 5.74) is 4.13. The van der Waals surface area contributed by atoms with Crippen molar-refractivity contribution in [3.05, 3.63) is 41.4 Å². The third-order valence-corrected chi connectivity index (χ3v) is 9.14. The summed E-state index contributed by atoms with van der Waals surface area (Å²) in [4.78, 5) is 37.5. The first-order chi connectivity index (χ1) is 21.0. The van der Waals surface area contributed by atoms with Gasteiger partial charge in [-0.1, -0.05) is 6.58 Å². The number of amides is 1. The second-order valence-corrected chi connectivity index (χ2v) is 11.7. The number of ether oxygens (including phenoxy) is 1. The molecule has 12 heteroatoms. The Balaban J connectivity index is 1.36. The van der Waals surface area contributed by atoms with Crippen LogP contribution in [0.2, 0.25) is 0 Å². The number of anilines is 1. The number of hydrogen-bond acceptors (Lipinski definition) is 11. The van der Waals surface area contributed by atoms with E-state index in [0.717, 1.165) is 73.9 Å². The molecule has 5 aliphatic rings. The Morgan fingerprint density at radius 3 is 2.81 bits per heavy atom. The molecule has 2 fully saturated rings. The average molecular weight is 583 g/mol. The van der Waals surface area contributed by atoms with E-state index in [1.165, 1.54) is 6.08 Å². The van der Waals surface area contributed by atoms with Gasteiger partial charge in [-0.05, 0) is 45.4 Å². The first-order valence-electron chi connectivity index (χ1n) is 15.2. The molecule has 0 saturated carbocycles. The van der Waals surface area contributed by atoms with Gasteiger partial charge in [0.15, 0.2) is 5.84 Å². The monoisotopic (exact) mass is 582 g/mol. The molecule has 43 heavy (non-hydrogen) atoms. The minimum absolute atomic E-state index is 0.180. The number of nitrogens with zero attached hydrogens (tertiary/aromatic N) is 10. The molecule has 0 radical (unpaired) electrons. The van der Waals surface area contributed by atoms with Gasteiger partial charge in [0.25, 0.3) is 0 Å². The number of pyridine rings is 1. The zero-order valence-electron chi connectivity index (χ0n) is 24.8. The van der Waals surface area contributed by atoms with Crippen molar-refractivity contribution in [2.75, 3.05) is 64.4 Å². The SMILES string of the molecule is C=CC(=O)N1CCN(c2c(C#N)c(OC[C@@H]3CCCN3C)nc3c2CCN(C2=CN=CN4CCCN=C24)C3)C[C@@H]1CC#N. The average Bonchev–Trinajstić information content (AvgIpc) is 3.46. The highest BCUT2D eigenvalue weighted by Gasteiger charge is 2.36. The number of hydrogen-bond donors (Lipinski definition) is 0. The smallest absolute Gasteiger partial charge is 0.246 e. The lowest BCUT2D eigenvalue weighted by atomic mass is 9.96. The van der Waals surface area contributed by atoms with E-state index in [9.17, 15) is 15.3 Å². The molecule has 1 amide bonds. The minimum atomic E-state index is -0.309. The van der Waals surface area contributed by atoms with Crippen LogP contribution >= 0.6 is 0 Å². The van der Waals surface area contributed by atoms with Crippen molar-refractivity contribution < 1.29 is 9.53 Å². The molecule has 0 aromatic carbocycles. The van der Waals surface area contributed by atoms with Gasteiger partial charge in [0.1, 0.15) is 18.2 Å². The lowest BCUT2D eigenvalue weighted by molar-refractivity contribution is -0.128. The van der Waals surface area contributed by atoms with Gasteiger partial charge in [0.05, 0.1) is 54.7 Å². The number of amidine groups is 1. The predicted octanol–water partition coefficient (Wildman–Crippen LogP) is 1.89. The second-order valence-electron chi connectivity index (χ2n) is 11.7. The standard InChI is InChI=1S/C31H38N10O2/c1-3-28(42)41-15-14-39(18-22(41)7-9-32)29-24-8-13-38(27-17-34-21-40-12-5-10-35-30(27)40)19-26(24)36-31(25(29)16-33)43-20-23-6-4-11-37(23)2/h3,17,21-23H,1,4-8,10-15,18-20H2,2H3/t22-,23-/m0/s1. The fraction of sp³-hybridized carbons (Fsp3) is 0.548. The molecule has 0 aliphatic carbocycles. The minimum Gasteiger partial charge on any atom is -0.475 e. The molecule has 2 saturated heterocycles. The van der Waals surface area contributed by atoms with Crippen molar-refractivity contribution in [1.82, 2.24) is 24.6 Å². The van der Waals surface area contributed by atoms with Crippen LogP contribution in [-0.2, 0) is 17.8 Å².